The first-order valence-corrected chi connectivity index (χ1v) is 12.4. The predicted molar refractivity (Wildman–Crippen MR) is 135 cm³/mol. The molecular weight excluding hydrogens is 492 g/mol. The number of carbonyl (C=O) groups is 1. The molecule has 0 spiro atoms. The molecule has 0 bridgehead atoms. The second kappa shape index (κ2) is 11.5. The molecule has 0 amide bonds. The summed E-state index contributed by atoms with van der Waals surface area (Å²) in [6.07, 6.45) is -1.39. The third-order valence-electron chi connectivity index (χ3n) is 6.29. The largest absolute Gasteiger partial charge is 0.508 e. The van der Waals surface area contributed by atoms with Crippen LogP contribution in [0.2, 0.25) is 0 Å². The van der Waals surface area contributed by atoms with E-state index in [1.54, 1.807) is 12.1 Å². The van der Waals surface area contributed by atoms with E-state index in [1.165, 1.54) is 0 Å². The second-order valence-corrected chi connectivity index (χ2v) is 8.96. The van der Waals surface area contributed by atoms with Gasteiger partial charge in [-0.2, -0.15) is 4.98 Å². The molecule has 0 saturated carbocycles. The lowest BCUT2D eigenvalue weighted by Crippen LogP contribution is -2.45. The fraction of sp³-hybridized carbons (Fsp3) is 0.333. The number of morpholine rings is 1. The molecule has 2 aromatic heterocycles. The maximum Gasteiger partial charge on any atom is 0.508 e. The van der Waals surface area contributed by atoms with Crippen molar-refractivity contribution in [2.24, 2.45) is 0 Å². The lowest BCUT2D eigenvalue weighted by atomic mass is 10.0. The first-order valence-electron chi connectivity index (χ1n) is 12.4. The molecule has 5 rings (SSSR count). The normalized spacial score (nSPS) is 16.8. The van der Waals surface area contributed by atoms with Crippen molar-refractivity contribution < 1.29 is 33.5 Å². The molecule has 2 aromatic carbocycles. The van der Waals surface area contributed by atoms with Gasteiger partial charge in [0.2, 0.25) is 12.1 Å². The van der Waals surface area contributed by atoms with Crippen LogP contribution in [0.5, 0.6) is 0 Å². The van der Waals surface area contributed by atoms with E-state index in [-0.39, 0.29) is 12.4 Å². The van der Waals surface area contributed by atoms with Crippen molar-refractivity contribution in [1.82, 2.24) is 20.2 Å². The lowest BCUT2D eigenvalue weighted by Gasteiger charge is -2.32. The Morgan fingerprint density at radius 2 is 1.89 bits per heavy atom. The Morgan fingerprint density at radius 3 is 2.63 bits per heavy atom. The molecule has 2 atom stereocenters. The Hall–Kier alpha value is -4.06. The molecule has 2 N–H and O–H groups in total. The molecule has 198 valence electrons. The zero-order valence-corrected chi connectivity index (χ0v) is 20.8. The van der Waals surface area contributed by atoms with Gasteiger partial charge in [-0.1, -0.05) is 78.3 Å². The number of ether oxygens (including phenoxy) is 2. The molecule has 1 saturated heterocycles. The van der Waals surface area contributed by atoms with Crippen LogP contribution in [0.15, 0.2) is 63.6 Å². The number of hydrogen-bond donors (Lipinski definition) is 2. The fourth-order valence-electron chi connectivity index (χ4n) is 4.43. The number of aromatic nitrogens is 3. The first-order chi connectivity index (χ1) is 18.5. The van der Waals surface area contributed by atoms with Crippen LogP contribution in [0.3, 0.4) is 0 Å². The summed E-state index contributed by atoms with van der Waals surface area (Å²) in [7, 11) is 0. The summed E-state index contributed by atoms with van der Waals surface area (Å²) < 4.78 is 21.2. The molecule has 0 radical (unpaired) electrons. The number of hydrogen-bond acceptors (Lipinski definition) is 10. The zero-order chi connectivity index (χ0) is 26.5. The van der Waals surface area contributed by atoms with Gasteiger partial charge < -0.3 is 28.7 Å². The number of nitrogens with zero attached hydrogens (tertiary/aromatic N) is 4. The number of benzene rings is 2. The molecule has 1 fully saturated rings. The molecule has 11 heteroatoms. The quantitative estimate of drug-likeness (QED) is 0.303. The summed E-state index contributed by atoms with van der Waals surface area (Å²) in [4.78, 5) is 17.2. The van der Waals surface area contributed by atoms with Gasteiger partial charge in [0, 0.05) is 29.8 Å². The molecule has 4 aromatic rings. The molecule has 0 aliphatic carbocycles. The predicted octanol–water partition coefficient (Wildman–Crippen LogP) is 4.40. The molecule has 1 aliphatic rings. The van der Waals surface area contributed by atoms with E-state index in [1.807, 2.05) is 47.4 Å². The Labute approximate surface area is 218 Å². The van der Waals surface area contributed by atoms with E-state index in [0.717, 1.165) is 29.5 Å². The highest BCUT2D eigenvalue weighted by molar-refractivity contribution is 5.69. The molecule has 11 nitrogen and oxygen atoms in total. The third kappa shape index (κ3) is 5.75. The average molecular weight is 521 g/mol. The summed E-state index contributed by atoms with van der Waals surface area (Å²) >= 11 is 0. The van der Waals surface area contributed by atoms with Gasteiger partial charge in [0.25, 0.3) is 5.89 Å². The van der Waals surface area contributed by atoms with Gasteiger partial charge in [-0.05, 0) is 12.0 Å². The Balaban J connectivity index is 1.28. The summed E-state index contributed by atoms with van der Waals surface area (Å²) in [5, 5.41) is 27.9. The molecule has 2 unspecified atom stereocenters. The molecule has 3 heterocycles. The maximum absolute atomic E-state index is 10.8. The second-order valence-electron chi connectivity index (χ2n) is 8.96. The van der Waals surface area contributed by atoms with E-state index < -0.39 is 18.5 Å². The van der Waals surface area contributed by atoms with Crippen molar-refractivity contribution in [3.63, 3.8) is 0 Å². The fourth-order valence-corrected chi connectivity index (χ4v) is 4.43. The Kier molecular flexibility index (Phi) is 7.78. The van der Waals surface area contributed by atoms with Crippen LogP contribution >= 0.6 is 0 Å². The summed E-state index contributed by atoms with van der Waals surface area (Å²) in [5.41, 5.74) is 3.82. The van der Waals surface area contributed by atoms with Crippen molar-refractivity contribution in [2.75, 3.05) is 26.2 Å². The number of carboxylic acid groups (broad SMARTS) is 1. The van der Waals surface area contributed by atoms with Gasteiger partial charge in [-0.15, -0.1) is 0 Å². The summed E-state index contributed by atoms with van der Waals surface area (Å²) in [6, 6.07) is 17.0. The van der Waals surface area contributed by atoms with Crippen molar-refractivity contribution in [1.29, 1.82) is 0 Å². The van der Waals surface area contributed by atoms with Crippen molar-refractivity contribution in [2.45, 2.75) is 32.2 Å². The number of aliphatic hydroxyl groups is 1. The van der Waals surface area contributed by atoms with Gasteiger partial charge in [-0.3, -0.25) is 4.90 Å². The molecular formula is C27H28N4O7. The molecule has 38 heavy (non-hydrogen) atoms. The first kappa shape index (κ1) is 25.6. The topological polar surface area (TPSA) is 144 Å². The minimum atomic E-state index is -1.39. The maximum atomic E-state index is 10.8. The van der Waals surface area contributed by atoms with Crippen LogP contribution in [0.4, 0.5) is 4.79 Å². The summed E-state index contributed by atoms with van der Waals surface area (Å²) in [6.45, 7) is 3.53. The van der Waals surface area contributed by atoms with Crippen LogP contribution < -0.4 is 0 Å². The number of β-amino-alcohol motifs (C(OH)–C–C–N with tert-alkyl or cyclic N) is 1. The van der Waals surface area contributed by atoms with Crippen LogP contribution in [-0.4, -0.2) is 69.1 Å². The minimum Gasteiger partial charge on any atom is -0.450 e. The van der Waals surface area contributed by atoms with Gasteiger partial charge in [0.15, 0.2) is 11.5 Å². The highest BCUT2D eigenvalue weighted by atomic mass is 16.8. The zero-order valence-electron chi connectivity index (χ0n) is 20.8. The van der Waals surface area contributed by atoms with E-state index in [9.17, 15) is 9.90 Å². The van der Waals surface area contributed by atoms with E-state index >= 15 is 0 Å². The highest BCUT2D eigenvalue weighted by Gasteiger charge is 2.26. The van der Waals surface area contributed by atoms with Crippen LogP contribution in [0.1, 0.15) is 30.6 Å². The van der Waals surface area contributed by atoms with Crippen molar-refractivity contribution >= 4 is 6.16 Å². The summed E-state index contributed by atoms with van der Waals surface area (Å²) in [5.74, 6) is 1.38. The van der Waals surface area contributed by atoms with E-state index in [0.29, 0.717) is 42.5 Å². The Morgan fingerprint density at radius 1 is 1.11 bits per heavy atom. The number of aliphatic hydroxyl groups excluding tert-OH is 1. The Bertz CT molecular complexity index is 1350. The smallest absolute Gasteiger partial charge is 0.450 e. The monoisotopic (exact) mass is 520 g/mol. The van der Waals surface area contributed by atoms with Crippen LogP contribution in [0.25, 0.3) is 34.3 Å². The third-order valence-corrected chi connectivity index (χ3v) is 6.29. The van der Waals surface area contributed by atoms with Crippen molar-refractivity contribution in [3.8, 4) is 34.3 Å². The SMILES string of the molecule is CCCc1c(-c2nc(-c3ccc(C(O)CN4CCOC(OC(=O)O)C4)cc3)no2)noc1-c1ccccc1. The van der Waals surface area contributed by atoms with Gasteiger partial charge in [0.1, 0.15) is 0 Å². The average Bonchev–Trinajstić information content (AvgIpc) is 3.57. The minimum absolute atomic E-state index is 0.251. The van der Waals surface area contributed by atoms with Gasteiger partial charge in [0.05, 0.1) is 19.3 Å². The van der Waals surface area contributed by atoms with Gasteiger partial charge >= 0.3 is 6.16 Å². The van der Waals surface area contributed by atoms with Crippen molar-refractivity contribution in [3.05, 3.63) is 65.7 Å². The van der Waals surface area contributed by atoms with E-state index in [2.05, 4.69) is 27.0 Å². The number of rotatable bonds is 9. The van der Waals surface area contributed by atoms with E-state index in [4.69, 9.17) is 18.9 Å². The molecule has 1 aliphatic heterocycles. The standard InChI is InChI=1S/C27H28N4O7/c1-2-6-20-23(29-37-24(20)18-7-4-3-5-8-18)26-28-25(30-38-26)19-11-9-17(10-12-19)21(32)15-31-13-14-35-22(16-31)36-27(33)34/h3-5,7-12,21-22,32H,2,6,13-16H2,1H3,(H,33,34). The lowest BCUT2D eigenvalue weighted by molar-refractivity contribution is -0.159. The van der Waals surface area contributed by atoms with Gasteiger partial charge in [-0.25, -0.2) is 4.79 Å². The van der Waals surface area contributed by atoms with Crippen LogP contribution in [-0.2, 0) is 15.9 Å². The highest BCUT2D eigenvalue weighted by Crippen LogP contribution is 2.33. The van der Waals surface area contributed by atoms with Crippen LogP contribution in [0, 0.1) is 0 Å².